The lowest BCUT2D eigenvalue weighted by atomic mass is 10.1. The summed E-state index contributed by atoms with van der Waals surface area (Å²) in [6.45, 7) is 8.35. The van der Waals surface area contributed by atoms with Gasteiger partial charge in [0.25, 0.3) is 0 Å². The summed E-state index contributed by atoms with van der Waals surface area (Å²) in [5.41, 5.74) is 4.22. The Morgan fingerprint density at radius 2 is 2.03 bits per heavy atom. The Labute approximate surface area is 219 Å². The van der Waals surface area contributed by atoms with Crippen LogP contribution in [0.4, 0.5) is 5.69 Å². The number of halogens is 1. The maximum absolute atomic E-state index is 5.66. The van der Waals surface area contributed by atoms with Gasteiger partial charge in [-0.15, -0.1) is 24.0 Å². The summed E-state index contributed by atoms with van der Waals surface area (Å²) in [5.74, 6) is 2.88. The number of aliphatic imine (C=N–C) groups is 1. The molecule has 0 spiro atoms. The van der Waals surface area contributed by atoms with E-state index in [1.54, 1.807) is 13.4 Å². The van der Waals surface area contributed by atoms with Crippen LogP contribution >= 0.6 is 24.0 Å². The lowest BCUT2D eigenvalue weighted by Gasteiger charge is -2.20. The molecule has 0 aliphatic carbocycles. The van der Waals surface area contributed by atoms with Crippen LogP contribution in [0.1, 0.15) is 24.6 Å². The molecule has 1 aliphatic heterocycles. The van der Waals surface area contributed by atoms with Crippen LogP contribution in [0, 0.1) is 12.8 Å². The molecule has 2 heterocycles. The first kappa shape index (κ1) is 25.9. The molecule has 1 unspecified atom stereocenters. The first-order valence-corrected chi connectivity index (χ1v) is 11.6. The van der Waals surface area contributed by atoms with Crippen molar-refractivity contribution in [1.82, 2.24) is 15.6 Å². The number of rotatable bonds is 8. The van der Waals surface area contributed by atoms with Crippen LogP contribution in [0.25, 0.3) is 11.5 Å². The van der Waals surface area contributed by atoms with Gasteiger partial charge in [-0.2, -0.15) is 0 Å². The van der Waals surface area contributed by atoms with Gasteiger partial charge < -0.3 is 24.7 Å². The molecule has 3 aromatic rings. The minimum absolute atomic E-state index is 0. The van der Waals surface area contributed by atoms with Crippen molar-refractivity contribution < 1.29 is 9.15 Å². The minimum atomic E-state index is 0. The predicted molar refractivity (Wildman–Crippen MR) is 148 cm³/mol. The van der Waals surface area contributed by atoms with Gasteiger partial charge in [0.1, 0.15) is 17.7 Å². The third kappa shape index (κ3) is 6.88. The summed E-state index contributed by atoms with van der Waals surface area (Å²) in [6, 6.07) is 16.4. The van der Waals surface area contributed by atoms with Crippen molar-refractivity contribution >= 4 is 35.6 Å². The number of nitrogens with one attached hydrogen (secondary N) is 2. The van der Waals surface area contributed by atoms with Crippen LogP contribution < -0.4 is 20.3 Å². The van der Waals surface area contributed by atoms with E-state index in [2.05, 4.69) is 58.6 Å². The molecule has 1 saturated heterocycles. The van der Waals surface area contributed by atoms with Gasteiger partial charge in [-0.1, -0.05) is 23.8 Å². The van der Waals surface area contributed by atoms with Crippen molar-refractivity contribution in [3.05, 3.63) is 66.1 Å². The zero-order chi connectivity index (χ0) is 23.0. The third-order valence-corrected chi connectivity index (χ3v) is 5.86. The largest absolute Gasteiger partial charge is 0.497 e. The van der Waals surface area contributed by atoms with Crippen LogP contribution in [-0.4, -0.2) is 44.2 Å². The van der Waals surface area contributed by atoms with Crippen LogP contribution in [0.2, 0.25) is 0 Å². The van der Waals surface area contributed by atoms with Crippen molar-refractivity contribution in [3.63, 3.8) is 0 Å². The van der Waals surface area contributed by atoms with Crippen molar-refractivity contribution in [2.45, 2.75) is 26.8 Å². The van der Waals surface area contributed by atoms with Crippen LogP contribution in [-0.2, 0) is 6.54 Å². The van der Waals surface area contributed by atoms with Gasteiger partial charge in [0.05, 0.1) is 13.7 Å². The molecule has 0 saturated carbocycles. The Morgan fingerprint density at radius 3 is 2.79 bits per heavy atom. The quantitative estimate of drug-likeness (QED) is 0.227. The normalized spacial score (nSPS) is 15.7. The van der Waals surface area contributed by atoms with E-state index in [0.29, 0.717) is 18.4 Å². The standard InChI is InChI=1S/C26H33N5O2.HI/c1-4-27-26(29-16-22-18-33-25(30-22)21-10-8-19(2)9-11-21)28-15-20-12-13-31(17-20)23-6-5-7-24(14-23)32-3;/h5-11,14,18,20H,4,12-13,15-17H2,1-3H3,(H2,27,28,29);1H. The van der Waals surface area contributed by atoms with E-state index in [4.69, 9.17) is 14.1 Å². The summed E-state index contributed by atoms with van der Waals surface area (Å²) >= 11 is 0. The highest BCUT2D eigenvalue weighted by atomic mass is 127. The first-order chi connectivity index (χ1) is 16.1. The summed E-state index contributed by atoms with van der Waals surface area (Å²) in [7, 11) is 1.71. The first-order valence-electron chi connectivity index (χ1n) is 11.6. The molecule has 4 rings (SSSR count). The number of nitrogens with zero attached hydrogens (tertiary/aromatic N) is 3. The molecule has 1 aliphatic rings. The smallest absolute Gasteiger partial charge is 0.226 e. The molecule has 1 aromatic heterocycles. The molecule has 182 valence electrons. The molecule has 1 fully saturated rings. The van der Waals surface area contributed by atoms with E-state index in [-0.39, 0.29) is 24.0 Å². The number of anilines is 1. The number of benzene rings is 2. The number of ether oxygens (including phenoxy) is 1. The topological polar surface area (TPSA) is 74.9 Å². The molecule has 2 N–H and O–H groups in total. The molecule has 2 aromatic carbocycles. The summed E-state index contributed by atoms with van der Waals surface area (Å²) in [5, 5.41) is 6.83. The highest BCUT2D eigenvalue weighted by molar-refractivity contribution is 14.0. The zero-order valence-corrected chi connectivity index (χ0v) is 22.4. The number of oxazole rings is 1. The minimum Gasteiger partial charge on any atom is -0.497 e. The Bertz CT molecular complexity index is 1070. The van der Waals surface area contributed by atoms with Crippen molar-refractivity contribution in [1.29, 1.82) is 0 Å². The van der Waals surface area contributed by atoms with E-state index in [1.165, 1.54) is 11.3 Å². The monoisotopic (exact) mass is 575 g/mol. The summed E-state index contributed by atoms with van der Waals surface area (Å²) in [6.07, 6.45) is 2.83. The highest BCUT2D eigenvalue weighted by Gasteiger charge is 2.23. The number of guanidine groups is 1. The van der Waals surface area contributed by atoms with Gasteiger partial charge in [0.2, 0.25) is 5.89 Å². The van der Waals surface area contributed by atoms with Crippen molar-refractivity contribution in [3.8, 4) is 17.2 Å². The molecular weight excluding hydrogens is 541 g/mol. The average molecular weight is 575 g/mol. The molecule has 34 heavy (non-hydrogen) atoms. The number of hydrogen-bond donors (Lipinski definition) is 2. The highest BCUT2D eigenvalue weighted by Crippen LogP contribution is 2.26. The number of aromatic nitrogens is 1. The third-order valence-electron chi connectivity index (χ3n) is 5.86. The van der Waals surface area contributed by atoms with Crippen LogP contribution in [0.3, 0.4) is 0 Å². The van der Waals surface area contributed by atoms with Gasteiger partial charge >= 0.3 is 0 Å². The second-order valence-electron chi connectivity index (χ2n) is 8.39. The van der Waals surface area contributed by atoms with Gasteiger partial charge in [-0.3, -0.25) is 0 Å². The van der Waals surface area contributed by atoms with Crippen molar-refractivity contribution in [2.24, 2.45) is 10.9 Å². The Morgan fingerprint density at radius 1 is 1.21 bits per heavy atom. The van der Waals surface area contributed by atoms with Gasteiger partial charge in [0.15, 0.2) is 5.96 Å². The maximum atomic E-state index is 5.66. The average Bonchev–Trinajstić information content (AvgIpc) is 3.51. The van der Waals surface area contributed by atoms with E-state index in [9.17, 15) is 0 Å². The molecule has 1 atom stereocenters. The SMILES string of the molecule is CCNC(=NCc1coc(-c2ccc(C)cc2)n1)NCC1CCN(c2cccc(OC)c2)C1.I. The molecule has 7 nitrogen and oxygen atoms in total. The molecule has 0 radical (unpaired) electrons. The van der Waals surface area contributed by atoms with Crippen LogP contribution in [0.15, 0.2) is 64.2 Å². The number of methoxy groups -OCH3 is 1. The van der Waals surface area contributed by atoms with Gasteiger partial charge in [-0.25, -0.2) is 9.98 Å². The lowest BCUT2D eigenvalue weighted by molar-refractivity contribution is 0.415. The molecule has 0 bridgehead atoms. The second-order valence-corrected chi connectivity index (χ2v) is 8.39. The fourth-order valence-corrected chi connectivity index (χ4v) is 3.99. The van der Waals surface area contributed by atoms with Gasteiger partial charge in [-0.05, 0) is 50.5 Å². The van der Waals surface area contributed by atoms with E-state index < -0.39 is 0 Å². The second kappa shape index (κ2) is 12.6. The molecule has 0 amide bonds. The maximum Gasteiger partial charge on any atom is 0.226 e. The molecule has 8 heteroatoms. The van der Waals surface area contributed by atoms with E-state index >= 15 is 0 Å². The summed E-state index contributed by atoms with van der Waals surface area (Å²) in [4.78, 5) is 11.7. The van der Waals surface area contributed by atoms with E-state index in [0.717, 1.165) is 55.6 Å². The fourth-order valence-electron chi connectivity index (χ4n) is 3.99. The lowest BCUT2D eigenvalue weighted by Crippen LogP contribution is -2.40. The van der Waals surface area contributed by atoms with Gasteiger partial charge in [0, 0.05) is 43.5 Å². The Balaban J connectivity index is 0.00000324. The Hall–Kier alpha value is -2.75. The number of aryl methyl sites for hydroxylation is 1. The van der Waals surface area contributed by atoms with Crippen LogP contribution in [0.5, 0.6) is 5.75 Å². The Kier molecular flexibility index (Phi) is 9.62. The predicted octanol–water partition coefficient (Wildman–Crippen LogP) is 4.86. The molecular formula is C26H34IN5O2. The fraction of sp³-hybridized carbons (Fsp3) is 0.385. The zero-order valence-electron chi connectivity index (χ0n) is 20.1. The summed E-state index contributed by atoms with van der Waals surface area (Å²) < 4.78 is 11.0. The van der Waals surface area contributed by atoms with E-state index in [1.807, 2.05) is 24.3 Å². The number of hydrogen-bond acceptors (Lipinski definition) is 5. The van der Waals surface area contributed by atoms with Crippen molar-refractivity contribution in [2.75, 3.05) is 38.2 Å².